The van der Waals surface area contributed by atoms with Crippen LogP contribution in [0.5, 0.6) is 0 Å². The van der Waals surface area contributed by atoms with Crippen molar-refractivity contribution in [1.82, 2.24) is 0 Å². The molecule has 0 aromatic heterocycles. The van der Waals surface area contributed by atoms with Crippen molar-refractivity contribution in [3.8, 4) is 6.07 Å². The standard InChI is InChI=1S/C13H15ClN2/c1-10-3-2-6-16(9-10)13-5-4-11(8-15)7-12(13)14/h4-5,7,10H,2-3,6,9H2,1H3. The Labute approximate surface area is 101 Å². The molecule has 16 heavy (non-hydrogen) atoms. The van der Waals surface area contributed by atoms with Crippen LogP contribution in [0.2, 0.25) is 5.02 Å². The summed E-state index contributed by atoms with van der Waals surface area (Å²) in [6, 6.07) is 7.64. The Morgan fingerprint density at radius 1 is 1.50 bits per heavy atom. The molecule has 0 amide bonds. The molecule has 0 radical (unpaired) electrons. The van der Waals surface area contributed by atoms with Gasteiger partial charge in [0.05, 0.1) is 22.3 Å². The minimum Gasteiger partial charge on any atom is -0.370 e. The molecule has 1 fully saturated rings. The summed E-state index contributed by atoms with van der Waals surface area (Å²) in [7, 11) is 0. The molecule has 0 saturated carbocycles. The Bertz CT molecular complexity index is 422. The maximum atomic E-state index is 8.78. The highest BCUT2D eigenvalue weighted by atomic mass is 35.5. The molecule has 0 bridgehead atoms. The van der Waals surface area contributed by atoms with E-state index in [4.69, 9.17) is 16.9 Å². The lowest BCUT2D eigenvalue weighted by atomic mass is 9.99. The molecule has 1 aliphatic rings. The molecule has 1 heterocycles. The molecular formula is C13H15ClN2. The summed E-state index contributed by atoms with van der Waals surface area (Å²) in [4.78, 5) is 2.32. The topological polar surface area (TPSA) is 27.0 Å². The third-order valence-electron chi connectivity index (χ3n) is 3.07. The molecule has 2 rings (SSSR count). The molecule has 0 N–H and O–H groups in total. The summed E-state index contributed by atoms with van der Waals surface area (Å²) in [6.45, 7) is 4.39. The fourth-order valence-electron chi connectivity index (χ4n) is 2.24. The molecule has 2 nitrogen and oxygen atoms in total. The van der Waals surface area contributed by atoms with E-state index in [1.54, 1.807) is 6.07 Å². The maximum Gasteiger partial charge on any atom is 0.0992 e. The number of rotatable bonds is 1. The van der Waals surface area contributed by atoms with Gasteiger partial charge in [-0.25, -0.2) is 0 Å². The fourth-order valence-corrected chi connectivity index (χ4v) is 2.54. The van der Waals surface area contributed by atoms with Crippen molar-refractivity contribution < 1.29 is 0 Å². The van der Waals surface area contributed by atoms with Crippen molar-refractivity contribution >= 4 is 17.3 Å². The number of piperidine rings is 1. The predicted octanol–water partition coefficient (Wildman–Crippen LogP) is 3.45. The van der Waals surface area contributed by atoms with Gasteiger partial charge >= 0.3 is 0 Å². The lowest BCUT2D eigenvalue weighted by Gasteiger charge is -2.33. The van der Waals surface area contributed by atoms with E-state index in [-0.39, 0.29) is 0 Å². The van der Waals surface area contributed by atoms with Crippen LogP contribution >= 0.6 is 11.6 Å². The second-order valence-corrected chi connectivity index (χ2v) is 4.88. The average Bonchev–Trinajstić information content (AvgIpc) is 2.28. The first kappa shape index (κ1) is 11.3. The Balaban J connectivity index is 2.23. The zero-order chi connectivity index (χ0) is 11.5. The first-order chi connectivity index (χ1) is 7.70. The number of hydrogen-bond donors (Lipinski definition) is 0. The van der Waals surface area contributed by atoms with Gasteiger partial charge in [0, 0.05) is 13.1 Å². The van der Waals surface area contributed by atoms with E-state index in [1.807, 2.05) is 12.1 Å². The van der Waals surface area contributed by atoms with Crippen LogP contribution in [0.15, 0.2) is 18.2 Å². The summed E-state index contributed by atoms with van der Waals surface area (Å²) < 4.78 is 0. The van der Waals surface area contributed by atoms with Crippen LogP contribution in [0, 0.1) is 17.2 Å². The normalized spacial score (nSPS) is 20.6. The van der Waals surface area contributed by atoms with Crippen molar-refractivity contribution in [1.29, 1.82) is 5.26 Å². The SMILES string of the molecule is CC1CCCN(c2ccc(C#N)cc2Cl)C1. The van der Waals surface area contributed by atoms with E-state index in [0.29, 0.717) is 10.6 Å². The van der Waals surface area contributed by atoms with E-state index < -0.39 is 0 Å². The molecule has 0 aliphatic carbocycles. The van der Waals surface area contributed by atoms with E-state index in [0.717, 1.165) is 24.7 Å². The fraction of sp³-hybridized carbons (Fsp3) is 0.462. The van der Waals surface area contributed by atoms with E-state index in [1.165, 1.54) is 12.8 Å². The van der Waals surface area contributed by atoms with Gasteiger partial charge in [0.25, 0.3) is 0 Å². The molecule has 1 aromatic carbocycles. The molecular weight excluding hydrogens is 220 g/mol. The third-order valence-corrected chi connectivity index (χ3v) is 3.38. The highest BCUT2D eigenvalue weighted by molar-refractivity contribution is 6.33. The van der Waals surface area contributed by atoms with Crippen molar-refractivity contribution in [2.45, 2.75) is 19.8 Å². The summed E-state index contributed by atoms with van der Waals surface area (Å²) in [5, 5.41) is 9.47. The van der Waals surface area contributed by atoms with Gasteiger partial charge in [-0.1, -0.05) is 18.5 Å². The van der Waals surface area contributed by atoms with Gasteiger partial charge in [-0.05, 0) is 37.0 Å². The molecule has 1 saturated heterocycles. The highest BCUT2D eigenvalue weighted by Crippen LogP contribution is 2.30. The van der Waals surface area contributed by atoms with Crippen LogP contribution in [0.1, 0.15) is 25.3 Å². The number of hydrogen-bond acceptors (Lipinski definition) is 2. The quantitative estimate of drug-likeness (QED) is 0.744. The van der Waals surface area contributed by atoms with Gasteiger partial charge in [-0.2, -0.15) is 5.26 Å². The van der Waals surface area contributed by atoms with Crippen LogP contribution < -0.4 is 4.90 Å². The minimum absolute atomic E-state index is 0.624. The van der Waals surface area contributed by atoms with Gasteiger partial charge in [0.1, 0.15) is 0 Å². The second kappa shape index (κ2) is 4.76. The number of nitriles is 1. The van der Waals surface area contributed by atoms with Gasteiger partial charge in [0.2, 0.25) is 0 Å². The van der Waals surface area contributed by atoms with Crippen molar-refractivity contribution in [3.05, 3.63) is 28.8 Å². The molecule has 0 spiro atoms. The second-order valence-electron chi connectivity index (χ2n) is 4.47. The predicted molar refractivity (Wildman–Crippen MR) is 66.8 cm³/mol. The average molecular weight is 235 g/mol. The number of benzene rings is 1. The summed E-state index contributed by atoms with van der Waals surface area (Å²) >= 11 is 6.20. The monoisotopic (exact) mass is 234 g/mol. The van der Waals surface area contributed by atoms with Crippen LogP contribution in [0.4, 0.5) is 5.69 Å². The minimum atomic E-state index is 0.624. The van der Waals surface area contributed by atoms with E-state index in [2.05, 4.69) is 17.9 Å². The first-order valence-electron chi connectivity index (χ1n) is 5.65. The highest BCUT2D eigenvalue weighted by Gasteiger charge is 2.18. The zero-order valence-electron chi connectivity index (χ0n) is 9.41. The Hall–Kier alpha value is -1.20. The maximum absolute atomic E-state index is 8.78. The molecule has 1 aromatic rings. The largest absolute Gasteiger partial charge is 0.370 e. The van der Waals surface area contributed by atoms with Gasteiger partial charge in [0.15, 0.2) is 0 Å². The van der Waals surface area contributed by atoms with Crippen molar-refractivity contribution in [3.63, 3.8) is 0 Å². The Morgan fingerprint density at radius 2 is 2.31 bits per heavy atom. The smallest absolute Gasteiger partial charge is 0.0992 e. The van der Waals surface area contributed by atoms with Gasteiger partial charge < -0.3 is 4.90 Å². The Morgan fingerprint density at radius 3 is 2.94 bits per heavy atom. The Kier molecular flexibility index (Phi) is 3.36. The zero-order valence-corrected chi connectivity index (χ0v) is 10.2. The van der Waals surface area contributed by atoms with Crippen LogP contribution in [-0.4, -0.2) is 13.1 Å². The summed E-state index contributed by atoms with van der Waals surface area (Å²) in [5.41, 5.74) is 1.69. The van der Waals surface area contributed by atoms with Crippen molar-refractivity contribution in [2.75, 3.05) is 18.0 Å². The van der Waals surface area contributed by atoms with E-state index >= 15 is 0 Å². The third kappa shape index (κ3) is 2.31. The number of halogens is 1. The molecule has 84 valence electrons. The van der Waals surface area contributed by atoms with E-state index in [9.17, 15) is 0 Å². The summed E-state index contributed by atoms with van der Waals surface area (Å²) in [5.74, 6) is 0.723. The van der Waals surface area contributed by atoms with Crippen LogP contribution in [0.3, 0.4) is 0 Å². The molecule has 3 heteroatoms. The lowest BCUT2D eigenvalue weighted by molar-refractivity contribution is 0.447. The van der Waals surface area contributed by atoms with Crippen LogP contribution in [0.25, 0.3) is 0 Å². The molecule has 1 atom stereocenters. The van der Waals surface area contributed by atoms with Gasteiger partial charge in [-0.15, -0.1) is 0 Å². The van der Waals surface area contributed by atoms with Crippen LogP contribution in [-0.2, 0) is 0 Å². The molecule has 1 unspecified atom stereocenters. The lowest BCUT2D eigenvalue weighted by Crippen LogP contribution is -2.34. The van der Waals surface area contributed by atoms with Gasteiger partial charge in [-0.3, -0.25) is 0 Å². The first-order valence-corrected chi connectivity index (χ1v) is 6.03. The van der Waals surface area contributed by atoms with Crippen molar-refractivity contribution in [2.24, 2.45) is 5.92 Å². The molecule has 1 aliphatic heterocycles. The summed E-state index contributed by atoms with van der Waals surface area (Å²) in [6.07, 6.45) is 2.52. The number of nitrogens with zero attached hydrogens (tertiary/aromatic N) is 2. The number of anilines is 1.